The fraction of sp³-hybridized carbons (Fsp3) is 0.889. The minimum Gasteiger partial charge on any atom is -0.466 e. The monoisotopic (exact) mass is 330 g/mol. The van der Waals surface area contributed by atoms with Gasteiger partial charge in [-0.3, -0.25) is 9.59 Å². The van der Waals surface area contributed by atoms with E-state index in [1.54, 1.807) is 7.11 Å². The van der Waals surface area contributed by atoms with E-state index in [9.17, 15) is 9.59 Å². The average molecular weight is 330 g/mol. The Morgan fingerprint density at radius 1 is 0.826 bits per heavy atom. The molecule has 0 saturated heterocycles. The van der Waals surface area contributed by atoms with Gasteiger partial charge in [0.25, 0.3) is 0 Å². The fourth-order valence-electron chi connectivity index (χ4n) is 2.06. The van der Waals surface area contributed by atoms with Gasteiger partial charge in [0.15, 0.2) is 0 Å². The summed E-state index contributed by atoms with van der Waals surface area (Å²) in [6.07, 6.45) is 7.07. The van der Waals surface area contributed by atoms with Crippen LogP contribution in [0.4, 0.5) is 0 Å². The number of methoxy groups -OCH3 is 1. The summed E-state index contributed by atoms with van der Waals surface area (Å²) in [7, 11) is 1.69. The van der Waals surface area contributed by atoms with Gasteiger partial charge in [-0.05, 0) is 38.0 Å². The molecule has 0 aromatic heterocycles. The van der Waals surface area contributed by atoms with Crippen LogP contribution in [0.5, 0.6) is 0 Å². The molecule has 0 fully saturated rings. The summed E-state index contributed by atoms with van der Waals surface area (Å²) in [5.41, 5.74) is 0. The maximum atomic E-state index is 11.6. The number of esters is 2. The van der Waals surface area contributed by atoms with E-state index in [0.29, 0.717) is 44.8 Å². The van der Waals surface area contributed by atoms with E-state index in [0.717, 1.165) is 38.7 Å². The topological polar surface area (TPSA) is 61.8 Å². The quantitative estimate of drug-likeness (QED) is 0.337. The lowest BCUT2D eigenvalue weighted by Gasteiger charge is -2.11. The second-order valence-electron chi connectivity index (χ2n) is 6.03. The zero-order valence-corrected chi connectivity index (χ0v) is 15.1. The third kappa shape index (κ3) is 15.6. The van der Waals surface area contributed by atoms with Crippen molar-refractivity contribution in [2.24, 2.45) is 5.92 Å². The Balaban J connectivity index is 3.44. The second kappa shape index (κ2) is 15.8. The smallest absolute Gasteiger partial charge is 0.305 e. The first kappa shape index (κ1) is 21.9. The van der Waals surface area contributed by atoms with Gasteiger partial charge in [0.05, 0.1) is 13.2 Å². The lowest BCUT2D eigenvalue weighted by Crippen LogP contribution is -2.10. The van der Waals surface area contributed by atoms with Crippen molar-refractivity contribution in [3.05, 3.63) is 0 Å². The Hall–Kier alpha value is -1.10. The lowest BCUT2D eigenvalue weighted by atomic mass is 10.1. The van der Waals surface area contributed by atoms with E-state index >= 15 is 0 Å². The predicted molar refractivity (Wildman–Crippen MR) is 90.2 cm³/mol. The molecule has 0 saturated carbocycles. The van der Waals surface area contributed by atoms with Gasteiger partial charge in [-0.1, -0.05) is 26.7 Å². The number of unbranched alkanes of at least 4 members (excludes halogenated alkanes) is 3. The van der Waals surface area contributed by atoms with Crippen molar-refractivity contribution in [3.63, 3.8) is 0 Å². The van der Waals surface area contributed by atoms with Crippen LogP contribution in [-0.2, 0) is 23.8 Å². The van der Waals surface area contributed by atoms with Crippen LogP contribution in [0.25, 0.3) is 0 Å². The summed E-state index contributed by atoms with van der Waals surface area (Å²) in [6.45, 7) is 5.95. The highest BCUT2D eigenvalue weighted by molar-refractivity contribution is 5.70. The molecule has 0 aromatic rings. The first-order valence-corrected chi connectivity index (χ1v) is 8.90. The maximum Gasteiger partial charge on any atom is 0.305 e. The predicted octanol–water partition coefficient (Wildman–Crippen LogP) is 3.89. The fourth-order valence-corrected chi connectivity index (χ4v) is 2.06. The molecule has 0 bridgehead atoms. The molecule has 1 atom stereocenters. The molecule has 0 aliphatic heterocycles. The first-order chi connectivity index (χ1) is 11.1. The van der Waals surface area contributed by atoms with Crippen molar-refractivity contribution in [3.8, 4) is 0 Å². The summed E-state index contributed by atoms with van der Waals surface area (Å²) in [5, 5.41) is 0. The molecular formula is C18H34O5. The standard InChI is InChI=1S/C18H34O5/c1-4-5-8-13-22-17(19)9-6-7-10-18(20)23-15-12-16(2)11-14-21-3/h16H,4-15H2,1-3H3. The van der Waals surface area contributed by atoms with E-state index in [2.05, 4.69) is 13.8 Å². The molecule has 0 N–H and O–H groups in total. The molecule has 5 nitrogen and oxygen atoms in total. The van der Waals surface area contributed by atoms with Crippen LogP contribution in [-0.4, -0.2) is 38.9 Å². The van der Waals surface area contributed by atoms with Gasteiger partial charge in [-0.15, -0.1) is 0 Å². The van der Waals surface area contributed by atoms with Gasteiger partial charge in [-0.2, -0.15) is 0 Å². The van der Waals surface area contributed by atoms with Crippen LogP contribution in [0, 0.1) is 5.92 Å². The summed E-state index contributed by atoms with van der Waals surface area (Å²) in [5.74, 6) is 0.145. The Kier molecular flexibility index (Phi) is 15.0. The third-order valence-corrected chi connectivity index (χ3v) is 3.71. The van der Waals surface area contributed by atoms with Crippen molar-refractivity contribution in [2.45, 2.75) is 71.6 Å². The summed E-state index contributed by atoms with van der Waals surface area (Å²) < 4.78 is 15.3. The maximum absolute atomic E-state index is 11.6. The van der Waals surface area contributed by atoms with E-state index in [1.807, 2.05) is 0 Å². The van der Waals surface area contributed by atoms with Crippen LogP contribution < -0.4 is 0 Å². The number of hydrogen-bond donors (Lipinski definition) is 0. The van der Waals surface area contributed by atoms with Gasteiger partial charge < -0.3 is 14.2 Å². The third-order valence-electron chi connectivity index (χ3n) is 3.71. The van der Waals surface area contributed by atoms with E-state index < -0.39 is 0 Å². The minimum absolute atomic E-state index is 0.165. The molecule has 0 spiro atoms. The number of ether oxygens (including phenoxy) is 3. The molecule has 23 heavy (non-hydrogen) atoms. The molecular weight excluding hydrogens is 296 g/mol. The van der Waals surface area contributed by atoms with Crippen molar-refractivity contribution in [1.82, 2.24) is 0 Å². The minimum atomic E-state index is -0.180. The van der Waals surface area contributed by atoms with Crippen LogP contribution >= 0.6 is 0 Å². The normalized spacial score (nSPS) is 12.0. The number of carbonyl (C=O) groups excluding carboxylic acids is 2. The highest BCUT2D eigenvalue weighted by atomic mass is 16.5. The molecule has 1 unspecified atom stereocenters. The highest BCUT2D eigenvalue weighted by Gasteiger charge is 2.07. The zero-order chi connectivity index (χ0) is 17.3. The number of rotatable bonds is 15. The molecule has 136 valence electrons. The van der Waals surface area contributed by atoms with Gasteiger partial charge >= 0.3 is 11.9 Å². The SMILES string of the molecule is CCCCCOC(=O)CCCCC(=O)OCCC(C)CCOC. The molecule has 0 aliphatic rings. The molecule has 0 amide bonds. The lowest BCUT2D eigenvalue weighted by molar-refractivity contribution is -0.146. The number of hydrogen-bond acceptors (Lipinski definition) is 5. The molecule has 0 rings (SSSR count). The Morgan fingerprint density at radius 3 is 1.96 bits per heavy atom. The second-order valence-corrected chi connectivity index (χ2v) is 6.03. The molecule has 0 aromatic carbocycles. The molecule has 0 radical (unpaired) electrons. The van der Waals surface area contributed by atoms with Gasteiger partial charge in [0.2, 0.25) is 0 Å². The van der Waals surface area contributed by atoms with Crippen molar-refractivity contribution in [2.75, 3.05) is 26.9 Å². The zero-order valence-electron chi connectivity index (χ0n) is 15.1. The average Bonchev–Trinajstić information content (AvgIpc) is 2.53. The van der Waals surface area contributed by atoms with Crippen molar-refractivity contribution in [1.29, 1.82) is 0 Å². The molecule has 0 aliphatic carbocycles. The van der Waals surface area contributed by atoms with E-state index in [1.165, 1.54) is 0 Å². The van der Waals surface area contributed by atoms with E-state index in [4.69, 9.17) is 14.2 Å². The molecule has 5 heteroatoms. The van der Waals surface area contributed by atoms with Crippen LogP contribution in [0.1, 0.15) is 71.6 Å². The first-order valence-electron chi connectivity index (χ1n) is 8.90. The van der Waals surface area contributed by atoms with Crippen LogP contribution in [0.2, 0.25) is 0 Å². The van der Waals surface area contributed by atoms with Crippen molar-refractivity contribution < 1.29 is 23.8 Å². The van der Waals surface area contributed by atoms with Crippen molar-refractivity contribution >= 4 is 11.9 Å². The van der Waals surface area contributed by atoms with Crippen LogP contribution in [0.3, 0.4) is 0 Å². The van der Waals surface area contributed by atoms with Crippen LogP contribution in [0.15, 0.2) is 0 Å². The van der Waals surface area contributed by atoms with Gasteiger partial charge in [0.1, 0.15) is 0 Å². The largest absolute Gasteiger partial charge is 0.466 e. The Bertz CT molecular complexity index is 304. The summed E-state index contributed by atoms with van der Waals surface area (Å²) in [4.78, 5) is 23.0. The Morgan fingerprint density at radius 2 is 1.39 bits per heavy atom. The summed E-state index contributed by atoms with van der Waals surface area (Å²) in [6, 6.07) is 0. The molecule has 0 heterocycles. The Labute approximate surface area is 141 Å². The summed E-state index contributed by atoms with van der Waals surface area (Å²) >= 11 is 0. The van der Waals surface area contributed by atoms with E-state index in [-0.39, 0.29) is 11.9 Å². The number of carbonyl (C=O) groups is 2. The van der Waals surface area contributed by atoms with Gasteiger partial charge in [-0.25, -0.2) is 0 Å². The highest BCUT2D eigenvalue weighted by Crippen LogP contribution is 2.09. The van der Waals surface area contributed by atoms with Gasteiger partial charge in [0, 0.05) is 26.6 Å².